The van der Waals surface area contributed by atoms with Gasteiger partial charge in [0.2, 0.25) is 0 Å². The van der Waals surface area contributed by atoms with E-state index in [4.69, 9.17) is 0 Å². The van der Waals surface area contributed by atoms with Gasteiger partial charge in [0.25, 0.3) is 5.56 Å². The summed E-state index contributed by atoms with van der Waals surface area (Å²) in [6.07, 6.45) is 0. The minimum Gasteiger partial charge on any atom is -0.316 e. The molecule has 0 radical (unpaired) electrons. The van der Waals surface area contributed by atoms with Crippen molar-refractivity contribution in [3.8, 4) is 0 Å². The van der Waals surface area contributed by atoms with E-state index in [2.05, 4.69) is 30.9 Å². The molecular formula is C6H5BrN4O2. The third-order valence-corrected chi connectivity index (χ3v) is 2.42. The van der Waals surface area contributed by atoms with Crippen LogP contribution in [0.4, 0.5) is 0 Å². The Balaban J connectivity index is 3.12. The maximum Gasteiger partial charge on any atom is 0.327 e. The van der Waals surface area contributed by atoms with E-state index in [-0.39, 0.29) is 5.65 Å². The highest BCUT2D eigenvalue weighted by atomic mass is 79.9. The summed E-state index contributed by atoms with van der Waals surface area (Å²) in [6, 6.07) is 0. The fourth-order valence-electron chi connectivity index (χ4n) is 1.12. The van der Waals surface area contributed by atoms with E-state index in [1.54, 1.807) is 11.6 Å². The zero-order chi connectivity index (χ0) is 9.59. The average molecular weight is 245 g/mol. The van der Waals surface area contributed by atoms with E-state index < -0.39 is 11.2 Å². The van der Waals surface area contributed by atoms with Crippen molar-refractivity contribution in [3.63, 3.8) is 0 Å². The van der Waals surface area contributed by atoms with Crippen LogP contribution in [0.3, 0.4) is 0 Å². The first kappa shape index (κ1) is 8.24. The Morgan fingerprint density at radius 2 is 2.08 bits per heavy atom. The third kappa shape index (κ3) is 1.12. The minimum absolute atomic E-state index is 0.281. The maximum absolute atomic E-state index is 11.3. The number of nitrogens with zero attached hydrogens (tertiary/aromatic N) is 2. The lowest BCUT2D eigenvalue weighted by Gasteiger charge is -1.91. The zero-order valence-corrected chi connectivity index (χ0v) is 8.17. The molecule has 0 spiro atoms. The van der Waals surface area contributed by atoms with Crippen LogP contribution in [-0.2, 0) is 7.05 Å². The van der Waals surface area contributed by atoms with E-state index in [9.17, 15) is 9.59 Å². The molecule has 2 N–H and O–H groups in total. The number of hydrogen-bond acceptors (Lipinski definition) is 3. The summed E-state index contributed by atoms with van der Waals surface area (Å²) in [7, 11) is 1.67. The molecule has 13 heavy (non-hydrogen) atoms. The molecule has 0 fully saturated rings. The van der Waals surface area contributed by atoms with Crippen molar-refractivity contribution < 1.29 is 0 Å². The standard InChI is InChI=1S/C6H5BrN4O2/c1-11-2-3(8-5(11)7)9-6(13)10-4(2)12/h1H3,(H2,9,10,12,13). The molecule has 0 bridgehead atoms. The molecule has 2 aromatic heterocycles. The maximum atomic E-state index is 11.3. The number of hydrogen-bond donors (Lipinski definition) is 2. The summed E-state index contributed by atoms with van der Waals surface area (Å²) in [5, 5.41) is 0. The molecule has 0 aliphatic heterocycles. The van der Waals surface area contributed by atoms with Crippen LogP contribution in [0, 0.1) is 0 Å². The van der Waals surface area contributed by atoms with Crippen molar-refractivity contribution in [1.29, 1.82) is 0 Å². The van der Waals surface area contributed by atoms with E-state index in [1.807, 2.05) is 0 Å². The monoisotopic (exact) mass is 244 g/mol. The lowest BCUT2D eigenvalue weighted by molar-refractivity contribution is 0.903. The predicted molar refractivity (Wildman–Crippen MR) is 49.7 cm³/mol. The number of halogens is 1. The van der Waals surface area contributed by atoms with Gasteiger partial charge in [-0.15, -0.1) is 0 Å². The average Bonchev–Trinajstić information content (AvgIpc) is 2.27. The number of rotatable bonds is 0. The molecule has 2 heterocycles. The van der Waals surface area contributed by atoms with Crippen molar-refractivity contribution in [2.24, 2.45) is 7.05 Å². The van der Waals surface area contributed by atoms with Gasteiger partial charge >= 0.3 is 5.69 Å². The first-order valence-corrected chi connectivity index (χ1v) is 4.23. The molecular weight excluding hydrogens is 240 g/mol. The van der Waals surface area contributed by atoms with Crippen molar-refractivity contribution in [1.82, 2.24) is 19.5 Å². The molecule has 0 amide bonds. The highest BCUT2D eigenvalue weighted by molar-refractivity contribution is 9.10. The lowest BCUT2D eigenvalue weighted by Crippen LogP contribution is -2.22. The molecule has 7 heteroatoms. The van der Waals surface area contributed by atoms with Gasteiger partial charge < -0.3 is 4.57 Å². The van der Waals surface area contributed by atoms with Gasteiger partial charge in [0.05, 0.1) is 0 Å². The quantitative estimate of drug-likeness (QED) is 0.625. The minimum atomic E-state index is -0.553. The second-order valence-corrected chi connectivity index (χ2v) is 3.25. The highest BCUT2D eigenvalue weighted by Crippen LogP contribution is 2.11. The van der Waals surface area contributed by atoms with Crippen LogP contribution < -0.4 is 11.2 Å². The third-order valence-electron chi connectivity index (χ3n) is 1.71. The second-order valence-electron chi connectivity index (χ2n) is 2.55. The van der Waals surface area contributed by atoms with E-state index in [0.717, 1.165) is 0 Å². The summed E-state index contributed by atoms with van der Waals surface area (Å²) >= 11 is 3.14. The largest absolute Gasteiger partial charge is 0.327 e. The lowest BCUT2D eigenvalue weighted by atomic mass is 10.5. The SMILES string of the molecule is Cn1c(Br)nc2[nH]c(=O)[nH]c(=O)c21. The van der Waals surface area contributed by atoms with E-state index >= 15 is 0 Å². The van der Waals surface area contributed by atoms with Gasteiger partial charge in [0.1, 0.15) is 0 Å². The van der Waals surface area contributed by atoms with Crippen LogP contribution in [0.25, 0.3) is 11.2 Å². The number of nitrogens with one attached hydrogen (secondary N) is 2. The van der Waals surface area contributed by atoms with Crippen LogP contribution in [0.5, 0.6) is 0 Å². The molecule has 0 atom stereocenters. The van der Waals surface area contributed by atoms with Gasteiger partial charge in [-0.05, 0) is 15.9 Å². The van der Waals surface area contributed by atoms with Crippen LogP contribution in [0.15, 0.2) is 14.3 Å². The first-order chi connectivity index (χ1) is 6.09. The first-order valence-electron chi connectivity index (χ1n) is 3.44. The van der Waals surface area contributed by atoms with Gasteiger partial charge in [0, 0.05) is 7.05 Å². The van der Waals surface area contributed by atoms with Gasteiger partial charge in [-0.25, -0.2) is 9.78 Å². The van der Waals surface area contributed by atoms with Crippen LogP contribution in [0.1, 0.15) is 0 Å². The van der Waals surface area contributed by atoms with Crippen LogP contribution >= 0.6 is 15.9 Å². The van der Waals surface area contributed by atoms with Crippen molar-refractivity contribution in [2.45, 2.75) is 0 Å². The fourth-order valence-corrected chi connectivity index (χ4v) is 1.47. The molecule has 0 saturated heterocycles. The smallest absolute Gasteiger partial charge is 0.316 e. The van der Waals surface area contributed by atoms with Gasteiger partial charge in [-0.2, -0.15) is 0 Å². The molecule has 0 aromatic carbocycles. The molecule has 0 aliphatic carbocycles. The van der Waals surface area contributed by atoms with Crippen molar-refractivity contribution >= 4 is 27.1 Å². The number of aromatic nitrogens is 4. The number of H-pyrrole nitrogens is 2. The molecule has 6 nitrogen and oxygen atoms in total. The Labute approximate surface area is 79.7 Å². The van der Waals surface area contributed by atoms with Crippen molar-refractivity contribution in [3.05, 3.63) is 25.6 Å². The molecule has 0 saturated carbocycles. The Morgan fingerprint density at radius 1 is 1.38 bits per heavy atom. The van der Waals surface area contributed by atoms with Crippen LogP contribution in [0.2, 0.25) is 0 Å². The molecule has 0 aliphatic rings. The number of aromatic amines is 2. The van der Waals surface area contributed by atoms with E-state index in [0.29, 0.717) is 10.3 Å². The number of imidazole rings is 1. The summed E-state index contributed by atoms with van der Waals surface area (Å²) in [6.45, 7) is 0. The van der Waals surface area contributed by atoms with Gasteiger partial charge in [-0.1, -0.05) is 0 Å². The summed E-state index contributed by atoms with van der Waals surface area (Å²) in [4.78, 5) is 30.6. The van der Waals surface area contributed by atoms with Gasteiger partial charge in [0.15, 0.2) is 15.9 Å². The van der Waals surface area contributed by atoms with Crippen molar-refractivity contribution in [2.75, 3.05) is 0 Å². The Kier molecular flexibility index (Phi) is 1.62. The Hall–Kier alpha value is -1.37. The Bertz CT molecular complexity index is 578. The van der Waals surface area contributed by atoms with E-state index in [1.165, 1.54) is 0 Å². The summed E-state index contributed by atoms with van der Waals surface area (Å²) < 4.78 is 2.04. The number of fused-ring (bicyclic) bond motifs is 1. The van der Waals surface area contributed by atoms with Gasteiger partial charge in [-0.3, -0.25) is 14.8 Å². The number of aryl methyl sites for hydroxylation is 1. The summed E-state index contributed by atoms with van der Waals surface area (Å²) in [5.74, 6) is 0. The molecule has 2 aromatic rings. The zero-order valence-electron chi connectivity index (χ0n) is 6.59. The Morgan fingerprint density at radius 3 is 2.77 bits per heavy atom. The predicted octanol–water partition coefficient (Wildman–Crippen LogP) is -0.288. The second kappa shape index (κ2) is 2.56. The van der Waals surface area contributed by atoms with Crippen LogP contribution in [-0.4, -0.2) is 19.5 Å². The molecule has 68 valence electrons. The molecule has 2 rings (SSSR count). The highest BCUT2D eigenvalue weighted by Gasteiger charge is 2.09. The topological polar surface area (TPSA) is 83.5 Å². The fraction of sp³-hybridized carbons (Fsp3) is 0.167. The summed E-state index contributed by atoms with van der Waals surface area (Å²) in [5.41, 5.74) is -0.378. The normalized spacial score (nSPS) is 10.9. The molecule has 0 unspecified atom stereocenters.